The van der Waals surface area contributed by atoms with Crippen molar-refractivity contribution in [3.8, 4) is 0 Å². The smallest absolute Gasteiger partial charge is 0.221 e. The molecule has 76 valence electrons. The Morgan fingerprint density at radius 3 is 2.54 bits per heavy atom. The van der Waals surface area contributed by atoms with Gasteiger partial charge in [-0.1, -0.05) is 6.42 Å². The lowest BCUT2D eigenvalue weighted by Crippen LogP contribution is -2.40. The van der Waals surface area contributed by atoms with E-state index in [2.05, 4.69) is 17.1 Å². The molecule has 1 aliphatic heterocycles. The first-order chi connectivity index (χ1) is 6.24. The van der Waals surface area contributed by atoms with Gasteiger partial charge in [-0.15, -0.1) is 0 Å². The number of nitrogens with one attached hydrogen (secondary N) is 1. The summed E-state index contributed by atoms with van der Waals surface area (Å²) in [5.41, 5.74) is 0. The van der Waals surface area contributed by atoms with Crippen molar-refractivity contribution >= 4 is 5.91 Å². The molecule has 0 aliphatic carbocycles. The van der Waals surface area contributed by atoms with E-state index in [1.54, 1.807) is 7.05 Å². The minimum Gasteiger partial charge on any atom is -0.359 e. The van der Waals surface area contributed by atoms with Crippen molar-refractivity contribution in [3.63, 3.8) is 0 Å². The summed E-state index contributed by atoms with van der Waals surface area (Å²) in [5.74, 6) is 0.151. The summed E-state index contributed by atoms with van der Waals surface area (Å²) in [6, 6.07) is 0.403. The second-order valence-electron chi connectivity index (χ2n) is 3.82. The van der Waals surface area contributed by atoms with Gasteiger partial charge in [-0.2, -0.15) is 0 Å². The normalized spacial score (nSPS) is 21.1. The molecule has 1 heterocycles. The lowest BCUT2D eigenvalue weighted by molar-refractivity contribution is -0.121. The molecule has 1 fully saturated rings. The van der Waals surface area contributed by atoms with Crippen LogP contribution >= 0.6 is 0 Å². The molecule has 0 aromatic rings. The van der Waals surface area contributed by atoms with Crippen molar-refractivity contribution in [1.29, 1.82) is 0 Å². The van der Waals surface area contributed by atoms with Gasteiger partial charge in [0.15, 0.2) is 0 Å². The van der Waals surface area contributed by atoms with Crippen molar-refractivity contribution in [2.24, 2.45) is 0 Å². The predicted molar refractivity (Wildman–Crippen MR) is 53.6 cm³/mol. The molecule has 0 radical (unpaired) electrons. The van der Waals surface area contributed by atoms with E-state index in [1.807, 2.05) is 0 Å². The van der Waals surface area contributed by atoms with Crippen LogP contribution < -0.4 is 5.32 Å². The van der Waals surface area contributed by atoms with Gasteiger partial charge in [0.1, 0.15) is 0 Å². The molecule has 1 amide bonds. The lowest BCUT2D eigenvalue weighted by Gasteiger charge is -2.31. The van der Waals surface area contributed by atoms with E-state index in [0.29, 0.717) is 12.5 Å². The van der Waals surface area contributed by atoms with Gasteiger partial charge in [0, 0.05) is 19.5 Å². The van der Waals surface area contributed by atoms with Crippen LogP contribution in [0.2, 0.25) is 0 Å². The highest BCUT2D eigenvalue weighted by molar-refractivity contribution is 5.76. The topological polar surface area (TPSA) is 32.3 Å². The SMILES string of the molecule is CNC(=O)CC(C)N1CCCCC1. The second-order valence-corrected chi connectivity index (χ2v) is 3.82. The molecule has 0 aromatic carbocycles. The average Bonchev–Trinajstić information content (AvgIpc) is 2.19. The van der Waals surface area contributed by atoms with Crippen molar-refractivity contribution < 1.29 is 4.79 Å². The third-order valence-electron chi connectivity index (χ3n) is 2.77. The Kier molecular flexibility index (Phi) is 4.22. The van der Waals surface area contributed by atoms with Crippen LogP contribution in [0.3, 0.4) is 0 Å². The summed E-state index contributed by atoms with van der Waals surface area (Å²) in [4.78, 5) is 13.5. The summed E-state index contributed by atoms with van der Waals surface area (Å²) < 4.78 is 0. The Morgan fingerprint density at radius 1 is 1.38 bits per heavy atom. The number of nitrogens with zero attached hydrogens (tertiary/aromatic N) is 1. The van der Waals surface area contributed by atoms with Gasteiger partial charge in [0.05, 0.1) is 0 Å². The maximum Gasteiger partial charge on any atom is 0.221 e. The highest BCUT2D eigenvalue weighted by Gasteiger charge is 2.18. The van der Waals surface area contributed by atoms with Gasteiger partial charge >= 0.3 is 0 Å². The summed E-state index contributed by atoms with van der Waals surface area (Å²) in [6.45, 7) is 4.47. The zero-order chi connectivity index (χ0) is 9.68. The first kappa shape index (κ1) is 10.5. The fourth-order valence-electron chi connectivity index (χ4n) is 1.86. The van der Waals surface area contributed by atoms with Crippen LogP contribution in [-0.4, -0.2) is 37.0 Å². The molecule has 1 rings (SSSR count). The molecular weight excluding hydrogens is 164 g/mol. The van der Waals surface area contributed by atoms with Crippen molar-refractivity contribution in [1.82, 2.24) is 10.2 Å². The number of amides is 1. The van der Waals surface area contributed by atoms with Crippen molar-refractivity contribution in [2.75, 3.05) is 20.1 Å². The Labute approximate surface area is 80.5 Å². The molecule has 3 nitrogen and oxygen atoms in total. The summed E-state index contributed by atoms with van der Waals surface area (Å²) >= 11 is 0. The largest absolute Gasteiger partial charge is 0.359 e. The minimum absolute atomic E-state index is 0.151. The Bertz CT molecular complexity index is 164. The molecule has 1 unspecified atom stereocenters. The number of hydrogen-bond acceptors (Lipinski definition) is 2. The van der Waals surface area contributed by atoms with E-state index in [-0.39, 0.29) is 5.91 Å². The number of hydrogen-bond donors (Lipinski definition) is 1. The molecule has 0 aromatic heterocycles. The molecule has 0 saturated carbocycles. The summed E-state index contributed by atoms with van der Waals surface area (Å²) in [5, 5.41) is 2.67. The predicted octanol–water partition coefficient (Wildman–Crippen LogP) is 0.997. The number of carbonyl (C=O) groups excluding carboxylic acids is 1. The first-order valence-corrected chi connectivity index (χ1v) is 5.18. The molecule has 0 spiro atoms. The fourth-order valence-corrected chi connectivity index (χ4v) is 1.86. The van der Waals surface area contributed by atoms with Crippen LogP contribution in [-0.2, 0) is 4.79 Å². The van der Waals surface area contributed by atoms with Gasteiger partial charge in [-0.05, 0) is 32.9 Å². The fraction of sp³-hybridized carbons (Fsp3) is 0.900. The highest BCUT2D eigenvalue weighted by Crippen LogP contribution is 2.13. The number of piperidine rings is 1. The van der Waals surface area contributed by atoms with Crippen LogP contribution in [0.15, 0.2) is 0 Å². The first-order valence-electron chi connectivity index (χ1n) is 5.18. The molecule has 1 atom stereocenters. The second kappa shape index (κ2) is 5.22. The van der Waals surface area contributed by atoms with E-state index >= 15 is 0 Å². The van der Waals surface area contributed by atoms with Crippen molar-refractivity contribution in [3.05, 3.63) is 0 Å². The van der Waals surface area contributed by atoms with Crippen LogP contribution in [0.1, 0.15) is 32.6 Å². The standard InChI is InChI=1S/C10H20N2O/c1-9(8-10(13)11-2)12-6-4-3-5-7-12/h9H,3-8H2,1-2H3,(H,11,13). The van der Waals surface area contributed by atoms with E-state index in [4.69, 9.17) is 0 Å². The Morgan fingerprint density at radius 2 is 2.00 bits per heavy atom. The van der Waals surface area contributed by atoms with Gasteiger partial charge in [0.2, 0.25) is 5.91 Å². The third-order valence-corrected chi connectivity index (χ3v) is 2.77. The van der Waals surface area contributed by atoms with E-state index < -0.39 is 0 Å². The van der Waals surface area contributed by atoms with Gasteiger partial charge in [-0.3, -0.25) is 4.79 Å². The third kappa shape index (κ3) is 3.35. The molecular formula is C10H20N2O. The average molecular weight is 184 g/mol. The summed E-state index contributed by atoms with van der Waals surface area (Å²) in [7, 11) is 1.70. The Hall–Kier alpha value is -0.570. The van der Waals surface area contributed by atoms with Crippen LogP contribution in [0.25, 0.3) is 0 Å². The summed E-state index contributed by atoms with van der Waals surface area (Å²) in [6.07, 6.45) is 4.57. The minimum atomic E-state index is 0.151. The molecule has 13 heavy (non-hydrogen) atoms. The van der Waals surface area contributed by atoms with Crippen LogP contribution in [0.4, 0.5) is 0 Å². The van der Waals surface area contributed by atoms with Crippen molar-refractivity contribution in [2.45, 2.75) is 38.6 Å². The van der Waals surface area contributed by atoms with E-state index in [0.717, 1.165) is 13.1 Å². The zero-order valence-corrected chi connectivity index (χ0v) is 8.68. The molecule has 1 N–H and O–H groups in total. The maximum atomic E-state index is 11.1. The molecule has 1 aliphatic rings. The van der Waals surface area contributed by atoms with Crippen LogP contribution in [0, 0.1) is 0 Å². The van der Waals surface area contributed by atoms with E-state index in [9.17, 15) is 4.79 Å². The maximum absolute atomic E-state index is 11.1. The number of carbonyl (C=O) groups is 1. The Balaban J connectivity index is 2.28. The van der Waals surface area contributed by atoms with Gasteiger partial charge in [-0.25, -0.2) is 0 Å². The van der Waals surface area contributed by atoms with Gasteiger partial charge < -0.3 is 10.2 Å². The van der Waals surface area contributed by atoms with Crippen LogP contribution in [0.5, 0.6) is 0 Å². The monoisotopic (exact) mass is 184 g/mol. The number of likely N-dealkylation sites (tertiary alicyclic amines) is 1. The molecule has 3 heteroatoms. The zero-order valence-electron chi connectivity index (χ0n) is 8.68. The lowest BCUT2D eigenvalue weighted by atomic mass is 10.1. The molecule has 1 saturated heterocycles. The quantitative estimate of drug-likeness (QED) is 0.709. The van der Waals surface area contributed by atoms with Gasteiger partial charge in [0.25, 0.3) is 0 Å². The highest BCUT2D eigenvalue weighted by atomic mass is 16.1. The number of rotatable bonds is 3. The molecule has 0 bridgehead atoms. The van der Waals surface area contributed by atoms with E-state index in [1.165, 1.54) is 19.3 Å².